The molecule has 2 N–H and O–H groups in total. The lowest BCUT2D eigenvalue weighted by molar-refractivity contribution is 0.599. The molecule has 1 aromatic carbocycles. The van der Waals surface area contributed by atoms with Gasteiger partial charge in [-0.15, -0.1) is 0 Å². The van der Waals surface area contributed by atoms with Crippen molar-refractivity contribution in [2.75, 3.05) is 6.54 Å². The summed E-state index contributed by atoms with van der Waals surface area (Å²) >= 11 is 0. The molecule has 1 heterocycles. The smallest absolute Gasteiger partial charge is 0.0926 e. The summed E-state index contributed by atoms with van der Waals surface area (Å²) in [6, 6.07) is 6.47. The van der Waals surface area contributed by atoms with E-state index in [4.69, 9.17) is 5.73 Å². The van der Waals surface area contributed by atoms with Crippen LogP contribution in [0.1, 0.15) is 25.1 Å². The van der Waals surface area contributed by atoms with Gasteiger partial charge in [-0.2, -0.15) is 5.10 Å². The van der Waals surface area contributed by atoms with Crippen LogP contribution in [-0.2, 0) is 19.9 Å². The molecule has 1 aromatic heterocycles. The van der Waals surface area contributed by atoms with E-state index in [0.717, 1.165) is 18.4 Å². The first-order valence-corrected chi connectivity index (χ1v) is 6.26. The number of hydrogen-bond acceptors (Lipinski definition) is 2. The second-order valence-electron chi connectivity index (χ2n) is 5.06. The molecule has 3 heteroatoms. The van der Waals surface area contributed by atoms with Gasteiger partial charge in [-0.05, 0) is 43.0 Å². The largest absolute Gasteiger partial charge is 0.330 e. The Morgan fingerprint density at radius 2 is 2.12 bits per heavy atom. The van der Waals surface area contributed by atoms with Gasteiger partial charge < -0.3 is 5.73 Å². The molecule has 0 spiro atoms. The van der Waals surface area contributed by atoms with Crippen LogP contribution in [0, 0.1) is 5.92 Å². The van der Waals surface area contributed by atoms with E-state index in [0.29, 0.717) is 12.5 Å². The van der Waals surface area contributed by atoms with Crippen LogP contribution in [0.3, 0.4) is 0 Å². The Hall–Kier alpha value is -1.35. The highest BCUT2D eigenvalue weighted by atomic mass is 15.3. The molecule has 0 atom stereocenters. The molecule has 0 aliphatic heterocycles. The van der Waals surface area contributed by atoms with Crippen molar-refractivity contribution in [3.63, 3.8) is 0 Å². The van der Waals surface area contributed by atoms with Crippen molar-refractivity contribution in [2.24, 2.45) is 18.7 Å². The Bertz CT molecular complexity index is 511. The molecule has 0 fully saturated rings. The van der Waals surface area contributed by atoms with Gasteiger partial charge in [0.25, 0.3) is 0 Å². The Morgan fingerprint density at radius 3 is 2.76 bits per heavy atom. The Balaban J connectivity index is 2.49. The van der Waals surface area contributed by atoms with E-state index in [2.05, 4.69) is 37.1 Å². The summed E-state index contributed by atoms with van der Waals surface area (Å²) in [6.07, 6.45) is 2.00. The monoisotopic (exact) mass is 231 g/mol. The minimum Gasteiger partial charge on any atom is -0.330 e. The standard InChI is InChI=1S/C14H21N3/c1-10(2)8-14-12-9-11(6-7-15)4-5-13(12)16-17(14)3/h4-5,9-10H,6-8,15H2,1-3H3. The lowest BCUT2D eigenvalue weighted by Gasteiger charge is -2.06. The number of hydrogen-bond donors (Lipinski definition) is 1. The number of rotatable bonds is 4. The Kier molecular flexibility index (Phi) is 3.48. The van der Waals surface area contributed by atoms with Gasteiger partial charge in [0.2, 0.25) is 0 Å². The van der Waals surface area contributed by atoms with E-state index < -0.39 is 0 Å². The number of nitrogens with zero attached hydrogens (tertiary/aromatic N) is 2. The van der Waals surface area contributed by atoms with Gasteiger partial charge in [0.1, 0.15) is 0 Å². The molecule has 92 valence electrons. The molecule has 0 bridgehead atoms. The van der Waals surface area contributed by atoms with Crippen molar-refractivity contribution >= 4 is 10.9 Å². The van der Waals surface area contributed by atoms with Crippen molar-refractivity contribution in [1.29, 1.82) is 0 Å². The first-order valence-electron chi connectivity index (χ1n) is 6.26. The summed E-state index contributed by atoms with van der Waals surface area (Å²) in [5, 5.41) is 5.84. The maximum absolute atomic E-state index is 5.61. The molecule has 0 aliphatic rings. The van der Waals surface area contributed by atoms with Crippen LogP contribution < -0.4 is 5.73 Å². The van der Waals surface area contributed by atoms with E-state index in [9.17, 15) is 0 Å². The first-order chi connectivity index (χ1) is 8.11. The van der Waals surface area contributed by atoms with Crippen LogP contribution in [0.15, 0.2) is 18.2 Å². The van der Waals surface area contributed by atoms with Crippen LogP contribution in [0.25, 0.3) is 10.9 Å². The zero-order valence-electron chi connectivity index (χ0n) is 10.9. The van der Waals surface area contributed by atoms with E-state index in [1.165, 1.54) is 16.6 Å². The van der Waals surface area contributed by atoms with Crippen LogP contribution in [0.2, 0.25) is 0 Å². The molecule has 0 aliphatic carbocycles. The summed E-state index contributed by atoms with van der Waals surface area (Å²) in [5.74, 6) is 0.645. The third-order valence-corrected chi connectivity index (χ3v) is 3.05. The van der Waals surface area contributed by atoms with Gasteiger partial charge >= 0.3 is 0 Å². The second-order valence-corrected chi connectivity index (χ2v) is 5.06. The molecule has 17 heavy (non-hydrogen) atoms. The fourth-order valence-electron chi connectivity index (χ4n) is 2.25. The van der Waals surface area contributed by atoms with Crippen LogP contribution in [0.5, 0.6) is 0 Å². The van der Waals surface area contributed by atoms with Gasteiger partial charge in [-0.3, -0.25) is 4.68 Å². The van der Waals surface area contributed by atoms with Crippen LogP contribution in [0.4, 0.5) is 0 Å². The number of fused-ring (bicyclic) bond motifs is 1. The molecule has 2 rings (SSSR count). The minimum atomic E-state index is 0.645. The average molecular weight is 231 g/mol. The normalized spacial score (nSPS) is 11.6. The zero-order chi connectivity index (χ0) is 12.4. The maximum atomic E-state index is 5.61. The third-order valence-electron chi connectivity index (χ3n) is 3.05. The van der Waals surface area contributed by atoms with Crippen LogP contribution in [-0.4, -0.2) is 16.3 Å². The first kappa shape index (κ1) is 12.1. The van der Waals surface area contributed by atoms with E-state index in [-0.39, 0.29) is 0 Å². The predicted octanol–water partition coefficient (Wildman–Crippen LogP) is 2.27. The van der Waals surface area contributed by atoms with Crippen molar-refractivity contribution in [3.8, 4) is 0 Å². The quantitative estimate of drug-likeness (QED) is 0.877. The lowest BCUT2D eigenvalue weighted by Crippen LogP contribution is -2.03. The predicted molar refractivity (Wildman–Crippen MR) is 72.0 cm³/mol. The SMILES string of the molecule is CC(C)Cc1c2cc(CCN)ccc2nn1C. The van der Waals surface area contributed by atoms with Crippen molar-refractivity contribution in [2.45, 2.75) is 26.7 Å². The summed E-state index contributed by atoms with van der Waals surface area (Å²) in [5.41, 5.74) is 9.33. The van der Waals surface area contributed by atoms with Crippen LogP contribution >= 0.6 is 0 Å². The topological polar surface area (TPSA) is 43.8 Å². The maximum Gasteiger partial charge on any atom is 0.0926 e. The molecular formula is C14H21N3. The van der Waals surface area contributed by atoms with Gasteiger partial charge in [-0.25, -0.2) is 0 Å². The highest BCUT2D eigenvalue weighted by molar-refractivity contribution is 5.82. The van der Waals surface area contributed by atoms with Gasteiger partial charge in [0.15, 0.2) is 0 Å². The van der Waals surface area contributed by atoms with Crippen molar-refractivity contribution < 1.29 is 0 Å². The van der Waals surface area contributed by atoms with Gasteiger partial charge in [-0.1, -0.05) is 19.9 Å². The lowest BCUT2D eigenvalue weighted by atomic mass is 10.0. The van der Waals surface area contributed by atoms with E-state index >= 15 is 0 Å². The van der Waals surface area contributed by atoms with Gasteiger partial charge in [0, 0.05) is 18.1 Å². The average Bonchev–Trinajstić information content (AvgIpc) is 2.56. The highest BCUT2D eigenvalue weighted by Crippen LogP contribution is 2.22. The number of aryl methyl sites for hydroxylation is 1. The fraction of sp³-hybridized carbons (Fsp3) is 0.500. The number of benzene rings is 1. The molecule has 2 aromatic rings. The summed E-state index contributed by atoms with van der Waals surface area (Å²) in [4.78, 5) is 0. The molecule has 0 radical (unpaired) electrons. The molecule has 0 unspecified atom stereocenters. The number of nitrogens with two attached hydrogens (primary N) is 1. The summed E-state index contributed by atoms with van der Waals surface area (Å²) in [7, 11) is 2.03. The van der Waals surface area contributed by atoms with E-state index in [1.54, 1.807) is 0 Å². The summed E-state index contributed by atoms with van der Waals surface area (Å²) < 4.78 is 2.01. The number of aromatic nitrogens is 2. The molecule has 0 saturated carbocycles. The molecule has 0 amide bonds. The molecule has 0 saturated heterocycles. The summed E-state index contributed by atoms with van der Waals surface area (Å²) in [6.45, 7) is 5.18. The highest BCUT2D eigenvalue weighted by Gasteiger charge is 2.10. The Labute approximate surface area is 103 Å². The second kappa shape index (κ2) is 4.88. The van der Waals surface area contributed by atoms with Crippen molar-refractivity contribution in [3.05, 3.63) is 29.5 Å². The third kappa shape index (κ3) is 2.50. The zero-order valence-corrected chi connectivity index (χ0v) is 10.9. The fourth-order valence-corrected chi connectivity index (χ4v) is 2.25. The molecular weight excluding hydrogens is 210 g/mol. The molecule has 3 nitrogen and oxygen atoms in total. The van der Waals surface area contributed by atoms with E-state index in [1.807, 2.05) is 11.7 Å². The van der Waals surface area contributed by atoms with Crippen molar-refractivity contribution in [1.82, 2.24) is 9.78 Å². The Morgan fingerprint density at radius 1 is 1.35 bits per heavy atom. The van der Waals surface area contributed by atoms with Gasteiger partial charge in [0.05, 0.1) is 5.52 Å². The minimum absolute atomic E-state index is 0.645.